The molecule has 0 aliphatic rings. The third kappa shape index (κ3) is 4.55. The van der Waals surface area contributed by atoms with Crippen molar-refractivity contribution in [3.8, 4) is 11.5 Å². The van der Waals surface area contributed by atoms with Gasteiger partial charge in [-0.3, -0.25) is 9.52 Å². The summed E-state index contributed by atoms with van der Waals surface area (Å²) < 4.78 is 45.2. The van der Waals surface area contributed by atoms with E-state index in [4.69, 9.17) is 13.9 Å². The lowest BCUT2D eigenvalue weighted by Crippen LogP contribution is -2.17. The van der Waals surface area contributed by atoms with E-state index in [1.165, 1.54) is 19.2 Å². The van der Waals surface area contributed by atoms with Crippen LogP contribution in [0.3, 0.4) is 0 Å². The van der Waals surface area contributed by atoms with Gasteiger partial charge in [-0.15, -0.1) is 0 Å². The molecule has 0 saturated carbocycles. The second kappa shape index (κ2) is 9.11. The summed E-state index contributed by atoms with van der Waals surface area (Å²) in [6.07, 6.45) is 0. The highest BCUT2D eigenvalue weighted by Crippen LogP contribution is 2.31. The molecule has 0 atom stereocenters. The molecule has 1 heterocycles. The molecular formula is C25H24N2O6S. The molecular weight excluding hydrogens is 456 g/mol. The van der Waals surface area contributed by atoms with Crippen molar-refractivity contribution < 1.29 is 27.1 Å². The molecule has 2 N–H and O–H groups in total. The summed E-state index contributed by atoms with van der Waals surface area (Å²) in [4.78, 5) is 12.7. The number of amides is 1. The lowest BCUT2D eigenvalue weighted by molar-refractivity contribution is 0.0998. The molecule has 0 spiro atoms. The number of sulfonamides is 1. The average molecular weight is 481 g/mol. The van der Waals surface area contributed by atoms with E-state index in [9.17, 15) is 13.2 Å². The topological polar surface area (TPSA) is 107 Å². The molecule has 3 aromatic carbocycles. The number of fused-ring (bicyclic) bond motifs is 1. The van der Waals surface area contributed by atoms with Gasteiger partial charge in [0, 0.05) is 11.1 Å². The van der Waals surface area contributed by atoms with Crippen molar-refractivity contribution in [1.82, 2.24) is 0 Å². The standard InChI is InChI=1S/C25H24N2O6S/c1-15-6-5-7-16(2)24(15)27-34(29,30)23-14-18(8-10-21(23)32-4)26-25(28)22-13-17-12-19(31-3)9-11-20(17)33-22/h5-14,27H,1-4H3,(H,26,28). The Bertz CT molecular complexity index is 1470. The summed E-state index contributed by atoms with van der Waals surface area (Å²) in [5, 5.41) is 3.40. The fourth-order valence-electron chi connectivity index (χ4n) is 3.58. The Morgan fingerprint density at radius 3 is 2.32 bits per heavy atom. The van der Waals surface area contributed by atoms with Crippen LogP contribution in [0.2, 0.25) is 0 Å². The summed E-state index contributed by atoms with van der Waals surface area (Å²) in [5.74, 6) is 0.345. The zero-order valence-electron chi connectivity index (χ0n) is 19.1. The molecule has 0 aliphatic carbocycles. The third-order valence-corrected chi connectivity index (χ3v) is 6.75. The number of anilines is 2. The number of furan rings is 1. The van der Waals surface area contributed by atoms with E-state index < -0.39 is 15.9 Å². The largest absolute Gasteiger partial charge is 0.497 e. The monoisotopic (exact) mass is 480 g/mol. The van der Waals surface area contributed by atoms with Crippen LogP contribution >= 0.6 is 0 Å². The Morgan fingerprint density at radius 1 is 0.912 bits per heavy atom. The molecule has 0 fully saturated rings. The lowest BCUT2D eigenvalue weighted by Gasteiger charge is -2.16. The van der Waals surface area contributed by atoms with Crippen LogP contribution in [-0.4, -0.2) is 28.5 Å². The highest BCUT2D eigenvalue weighted by atomic mass is 32.2. The number of hydrogen-bond donors (Lipinski definition) is 2. The van der Waals surface area contributed by atoms with Gasteiger partial charge in [0.15, 0.2) is 5.76 Å². The fraction of sp³-hybridized carbons (Fsp3) is 0.160. The Hall–Kier alpha value is -3.98. The molecule has 34 heavy (non-hydrogen) atoms. The summed E-state index contributed by atoms with van der Waals surface area (Å²) in [6, 6.07) is 16.7. The minimum Gasteiger partial charge on any atom is -0.497 e. The molecule has 4 aromatic rings. The highest BCUT2D eigenvalue weighted by Gasteiger charge is 2.23. The van der Waals surface area contributed by atoms with E-state index in [2.05, 4.69) is 10.0 Å². The van der Waals surface area contributed by atoms with Crippen LogP contribution in [0.25, 0.3) is 11.0 Å². The van der Waals surface area contributed by atoms with Gasteiger partial charge in [-0.05, 0) is 67.4 Å². The van der Waals surface area contributed by atoms with Crippen molar-refractivity contribution >= 4 is 38.3 Å². The quantitative estimate of drug-likeness (QED) is 0.380. The van der Waals surface area contributed by atoms with E-state index in [0.717, 1.165) is 11.1 Å². The van der Waals surface area contributed by atoms with E-state index in [1.54, 1.807) is 37.4 Å². The number of nitrogens with one attached hydrogen (secondary N) is 2. The predicted octanol–water partition coefficient (Wildman–Crippen LogP) is 5.12. The molecule has 8 nitrogen and oxygen atoms in total. The number of methoxy groups -OCH3 is 2. The maximum Gasteiger partial charge on any atom is 0.291 e. The van der Waals surface area contributed by atoms with Gasteiger partial charge in [0.1, 0.15) is 22.0 Å². The Balaban J connectivity index is 1.64. The number of carbonyl (C=O) groups excluding carboxylic acids is 1. The van der Waals surface area contributed by atoms with Gasteiger partial charge in [-0.1, -0.05) is 18.2 Å². The van der Waals surface area contributed by atoms with Gasteiger partial charge in [-0.2, -0.15) is 0 Å². The molecule has 4 rings (SSSR count). The van der Waals surface area contributed by atoms with Crippen LogP contribution in [-0.2, 0) is 10.0 Å². The normalized spacial score (nSPS) is 11.3. The van der Waals surface area contributed by atoms with Crippen LogP contribution in [0.15, 0.2) is 70.0 Å². The molecule has 0 radical (unpaired) electrons. The van der Waals surface area contributed by atoms with Gasteiger partial charge in [0.05, 0.1) is 19.9 Å². The highest BCUT2D eigenvalue weighted by molar-refractivity contribution is 7.92. The van der Waals surface area contributed by atoms with Crippen molar-refractivity contribution in [2.75, 3.05) is 24.3 Å². The second-order valence-electron chi connectivity index (χ2n) is 7.71. The van der Waals surface area contributed by atoms with E-state index >= 15 is 0 Å². The third-order valence-electron chi connectivity index (χ3n) is 5.38. The lowest BCUT2D eigenvalue weighted by atomic mass is 10.1. The summed E-state index contributed by atoms with van der Waals surface area (Å²) in [7, 11) is -1.08. The molecule has 9 heteroatoms. The van der Waals surface area contributed by atoms with Crippen LogP contribution in [0.4, 0.5) is 11.4 Å². The zero-order valence-corrected chi connectivity index (χ0v) is 19.9. The molecule has 176 valence electrons. The second-order valence-corrected chi connectivity index (χ2v) is 9.36. The number of carbonyl (C=O) groups is 1. The number of benzene rings is 3. The number of rotatable bonds is 7. The van der Waals surface area contributed by atoms with Gasteiger partial charge in [0.2, 0.25) is 0 Å². The van der Waals surface area contributed by atoms with Crippen molar-refractivity contribution in [3.05, 3.63) is 77.6 Å². The zero-order chi connectivity index (χ0) is 24.5. The van der Waals surface area contributed by atoms with Crippen molar-refractivity contribution in [2.24, 2.45) is 0 Å². The molecule has 0 aliphatic heterocycles. The smallest absolute Gasteiger partial charge is 0.291 e. The van der Waals surface area contributed by atoms with E-state index in [0.29, 0.717) is 22.4 Å². The minimum atomic E-state index is -4.02. The molecule has 1 amide bonds. The first-order valence-electron chi connectivity index (χ1n) is 10.4. The number of para-hydroxylation sites is 1. The number of ether oxygens (including phenoxy) is 2. The maximum atomic E-state index is 13.2. The minimum absolute atomic E-state index is 0.0807. The first kappa shape index (κ1) is 23.2. The van der Waals surface area contributed by atoms with E-state index in [-0.39, 0.29) is 22.1 Å². The average Bonchev–Trinajstić information content (AvgIpc) is 3.25. The van der Waals surface area contributed by atoms with Crippen molar-refractivity contribution in [2.45, 2.75) is 18.7 Å². The fourth-order valence-corrected chi connectivity index (χ4v) is 4.98. The SMILES string of the molecule is COc1ccc2oc(C(=O)Nc3ccc(OC)c(S(=O)(=O)Nc4c(C)cccc4C)c3)cc2c1. The number of aryl methyl sites for hydroxylation is 2. The van der Waals surface area contributed by atoms with Crippen LogP contribution in [0.1, 0.15) is 21.7 Å². The predicted molar refractivity (Wildman–Crippen MR) is 130 cm³/mol. The Morgan fingerprint density at radius 2 is 1.65 bits per heavy atom. The van der Waals surface area contributed by atoms with Crippen molar-refractivity contribution in [1.29, 1.82) is 0 Å². The van der Waals surface area contributed by atoms with E-state index in [1.807, 2.05) is 32.0 Å². The van der Waals surface area contributed by atoms with Gasteiger partial charge in [0.25, 0.3) is 15.9 Å². The maximum absolute atomic E-state index is 13.2. The number of hydrogen-bond acceptors (Lipinski definition) is 6. The first-order valence-corrected chi connectivity index (χ1v) is 11.9. The van der Waals surface area contributed by atoms with Gasteiger partial charge >= 0.3 is 0 Å². The van der Waals surface area contributed by atoms with Crippen molar-refractivity contribution in [3.63, 3.8) is 0 Å². The van der Waals surface area contributed by atoms with Crippen LogP contribution in [0, 0.1) is 13.8 Å². The molecule has 1 aromatic heterocycles. The van der Waals surface area contributed by atoms with Crippen LogP contribution in [0.5, 0.6) is 11.5 Å². The Kier molecular flexibility index (Phi) is 6.21. The molecule has 0 saturated heterocycles. The molecule has 0 unspecified atom stereocenters. The Labute approximate surface area is 197 Å². The summed E-state index contributed by atoms with van der Waals surface area (Å²) in [5.41, 5.74) is 2.87. The van der Waals surface area contributed by atoms with Gasteiger partial charge in [-0.25, -0.2) is 8.42 Å². The van der Waals surface area contributed by atoms with Crippen LogP contribution < -0.4 is 19.5 Å². The first-order chi connectivity index (χ1) is 16.2. The van der Waals surface area contributed by atoms with Gasteiger partial charge < -0.3 is 19.2 Å². The summed E-state index contributed by atoms with van der Waals surface area (Å²) in [6.45, 7) is 3.64. The summed E-state index contributed by atoms with van der Waals surface area (Å²) >= 11 is 0. The molecule has 0 bridgehead atoms.